The van der Waals surface area contributed by atoms with Crippen LogP contribution in [0.3, 0.4) is 0 Å². The Labute approximate surface area is 97.7 Å². The van der Waals surface area contributed by atoms with E-state index in [1.807, 2.05) is 19.1 Å². The van der Waals surface area contributed by atoms with E-state index in [1.165, 1.54) is 7.11 Å². The zero-order valence-corrected chi connectivity index (χ0v) is 10.4. The van der Waals surface area contributed by atoms with Gasteiger partial charge in [-0.15, -0.1) is 0 Å². The van der Waals surface area contributed by atoms with Crippen LogP contribution in [0.1, 0.15) is 24.8 Å². The SMILES string of the molecule is CCC(C(=O)OC)c1cc(Br)ccc1N. The highest BCUT2D eigenvalue weighted by molar-refractivity contribution is 9.10. The highest BCUT2D eigenvalue weighted by Crippen LogP contribution is 2.29. The second-order valence-corrected chi connectivity index (χ2v) is 4.17. The summed E-state index contributed by atoms with van der Waals surface area (Å²) < 4.78 is 5.65. The second kappa shape index (κ2) is 5.16. The fourth-order valence-electron chi connectivity index (χ4n) is 1.50. The minimum atomic E-state index is -0.285. The molecular formula is C11H14BrNO2. The summed E-state index contributed by atoms with van der Waals surface area (Å²) in [4.78, 5) is 11.5. The van der Waals surface area contributed by atoms with Crippen LogP contribution in [0.25, 0.3) is 0 Å². The highest BCUT2D eigenvalue weighted by Gasteiger charge is 2.21. The van der Waals surface area contributed by atoms with Crippen LogP contribution in [-0.2, 0) is 9.53 Å². The molecule has 1 aromatic carbocycles. The molecule has 0 saturated carbocycles. The van der Waals surface area contributed by atoms with Crippen molar-refractivity contribution < 1.29 is 9.53 Å². The Kier molecular flexibility index (Phi) is 4.15. The number of halogens is 1. The Bertz CT molecular complexity index is 366. The smallest absolute Gasteiger partial charge is 0.313 e. The van der Waals surface area contributed by atoms with E-state index in [1.54, 1.807) is 6.07 Å². The molecule has 2 N–H and O–H groups in total. The maximum atomic E-state index is 11.5. The van der Waals surface area contributed by atoms with Gasteiger partial charge in [0.25, 0.3) is 0 Å². The van der Waals surface area contributed by atoms with Gasteiger partial charge in [0.2, 0.25) is 0 Å². The fraction of sp³-hybridized carbons (Fsp3) is 0.364. The first kappa shape index (κ1) is 12.0. The predicted molar refractivity (Wildman–Crippen MR) is 63.6 cm³/mol. The van der Waals surface area contributed by atoms with Crippen LogP contribution >= 0.6 is 15.9 Å². The number of rotatable bonds is 3. The number of carbonyl (C=O) groups excluding carboxylic acids is 1. The summed E-state index contributed by atoms with van der Waals surface area (Å²) >= 11 is 3.36. The van der Waals surface area contributed by atoms with Crippen LogP contribution in [0, 0.1) is 0 Å². The molecule has 3 nitrogen and oxygen atoms in total. The van der Waals surface area contributed by atoms with Crippen LogP contribution in [0.15, 0.2) is 22.7 Å². The molecular weight excluding hydrogens is 258 g/mol. The first-order valence-corrected chi connectivity index (χ1v) is 5.52. The number of carbonyl (C=O) groups is 1. The molecule has 82 valence electrons. The molecule has 1 unspecified atom stereocenters. The first-order valence-electron chi connectivity index (χ1n) is 4.72. The molecule has 1 rings (SSSR count). The molecule has 1 atom stereocenters. The highest BCUT2D eigenvalue weighted by atomic mass is 79.9. The summed E-state index contributed by atoms with van der Waals surface area (Å²) in [7, 11) is 1.39. The summed E-state index contributed by atoms with van der Waals surface area (Å²) in [5.74, 6) is -0.533. The van der Waals surface area contributed by atoms with Crippen molar-refractivity contribution in [2.24, 2.45) is 0 Å². The number of nitrogen functional groups attached to an aromatic ring is 1. The summed E-state index contributed by atoms with van der Waals surface area (Å²) in [6, 6.07) is 5.49. The van der Waals surface area contributed by atoms with Crippen molar-refractivity contribution in [1.82, 2.24) is 0 Å². The molecule has 0 bridgehead atoms. The number of hydrogen-bond acceptors (Lipinski definition) is 3. The van der Waals surface area contributed by atoms with Crippen molar-refractivity contribution in [3.8, 4) is 0 Å². The van der Waals surface area contributed by atoms with E-state index < -0.39 is 0 Å². The van der Waals surface area contributed by atoms with Crippen LogP contribution in [-0.4, -0.2) is 13.1 Å². The van der Waals surface area contributed by atoms with Gasteiger partial charge in [-0.1, -0.05) is 22.9 Å². The molecule has 0 radical (unpaired) electrons. The molecule has 0 aromatic heterocycles. The summed E-state index contributed by atoms with van der Waals surface area (Å²) in [5, 5.41) is 0. The quantitative estimate of drug-likeness (QED) is 0.680. The summed E-state index contributed by atoms with van der Waals surface area (Å²) in [6.07, 6.45) is 0.674. The van der Waals surface area contributed by atoms with Crippen molar-refractivity contribution in [3.05, 3.63) is 28.2 Å². The summed E-state index contributed by atoms with van der Waals surface area (Å²) in [6.45, 7) is 1.93. The number of esters is 1. The number of benzene rings is 1. The van der Waals surface area contributed by atoms with Gasteiger partial charge in [-0.25, -0.2) is 0 Å². The van der Waals surface area contributed by atoms with Gasteiger partial charge in [0.1, 0.15) is 0 Å². The van der Waals surface area contributed by atoms with Crippen molar-refractivity contribution >= 4 is 27.6 Å². The molecule has 0 spiro atoms. The Morgan fingerprint density at radius 3 is 2.80 bits per heavy atom. The predicted octanol–water partition coefficient (Wildman–Crippen LogP) is 2.70. The molecule has 15 heavy (non-hydrogen) atoms. The van der Waals surface area contributed by atoms with Crippen molar-refractivity contribution in [1.29, 1.82) is 0 Å². The van der Waals surface area contributed by atoms with Gasteiger partial charge in [-0.2, -0.15) is 0 Å². The third-order valence-electron chi connectivity index (χ3n) is 2.32. The van der Waals surface area contributed by atoms with E-state index in [9.17, 15) is 4.79 Å². The molecule has 4 heteroatoms. The van der Waals surface area contributed by atoms with E-state index in [4.69, 9.17) is 10.5 Å². The van der Waals surface area contributed by atoms with Gasteiger partial charge in [-0.3, -0.25) is 4.79 Å². The molecule has 0 amide bonds. The third-order valence-corrected chi connectivity index (χ3v) is 2.81. The van der Waals surface area contributed by atoms with Gasteiger partial charge < -0.3 is 10.5 Å². The zero-order valence-electron chi connectivity index (χ0n) is 8.79. The first-order chi connectivity index (χ1) is 7.10. The molecule has 0 aliphatic carbocycles. The Morgan fingerprint density at radius 1 is 1.60 bits per heavy atom. The molecule has 0 aliphatic rings. The van der Waals surface area contributed by atoms with Gasteiger partial charge in [0.05, 0.1) is 13.0 Å². The van der Waals surface area contributed by atoms with Crippen LogP contribution in [0.4, 0.5) is 5.69 Å². The average Bonchev–Trinajstić information content (AvgIpc) is 2.23. The van der Waals surface area contributed by atoms with Crippen LogP contribution in [0.5, 0.6) is 0 Å². The lowest BCUT2D eigenvalue weighted by Gasteiger charge is -2.15. The molecule has 0 saturated heterocycles. The zero-order chi connectivity index (χ0) is 11.4. The van der Waals surface area contributed by atoms with Gasteiger partial charge in [-0.05, 0) is 30.2 Å². The Morgan fingerprint density at radius 2 is 2.27 bits per heavy atom. The standard InChI is InChI=1S/C11H14BrNO2/c1-3-8(11(14)15-2)9-6-7(12)4-5-10(9)13/h4-6,8H,3,13H2,1-2H3. The van der Waals surface area contributed by atoms with Gasteiger partial charge in [0.15, 0.2) is 0 Å². The van der Waals surface area contributed by atoms with Gasteiger partial charge >= 0.3 is 5.97 Å². The minimum Gasteiger partial charge on any atom is -0.469 e. The number of ether oxygens (including phenoxy) is 1. The third kappa shape index (κ3) is 2.72. The lowest BCUT2D eigenvalue weighted by atomic mass is 9.95. The number of nitrogens with two attached hydrogens (primary N) is 1. The molecule has 1 aromatic rings. The molecule has 0 heterocycles. The largest absolute Gasteiger partial charge is 0.469 e. The van der Waals surface area contributed by atoms with E-state index in [2.05, 4.69) is 15.9 Å². The van der Waals surface area contributed by atoms with Crippen molar-refractivity contribution in [2.75, 3.05) is 12.8 Å². The van der Waals surface area contributed by atoms with Gasteiger partial charge in [0, 0.05) is 10.2 Å². The average molecular weight is 272 g/mol. The monoisotopic (exact) mass is 271 g/mol. The van der Waals surface area contributed by atoms with Crippen molar-refractivity contribution in [3.63, 3.8) is 0 Å². The van der Waals surface area contributed by atoms with E-state index in [0.29, 0.717) is 12.1 Å². The maximum absolute atomic E-state index is 11.5. The molecule has 0 aliphatic heterocycles. The van der Waals surface area contributed by atoms with E-state index >= 15 is 0 Å². The Balaban J connectivity index is 3.11. The lowest BCUT2D eigenvalue weighted by Crippen LogP contribution is -2.15. The maximum Gasteiger partial charge on any atom is 0.313 e. The number of hydrogen-bond donors (Lipinski definition) is 1. The lowest BCUT2D eigenvalue weighted by molar-refractivity contribution is -0.142. The normalized spacial score (nSPS) is 12.2. The fourth-order valence-corrected chi connectivity index (χ4v) is 1.88. The van der Waals surface area contributed by atoms with Crippen LogP contribution < -0.4 is 5.73 Å². The van der Waals surface area contributed by atoms with E-state index in [0.717, 1.165) is 10.0 Å². The number of methoxy groups -OCH3 is 1. The molecule has 0 fully saturated rings. The van der Waals surface area contributed by atoms with Crippen molar-refractivity contribution in [2.45, 2.75) is 19.3 Å². The minimum absolute atomic E-state index is 0.248. The van der Waals surface area contributed by atoms with Crippen LogP contribution in [0.2, 0.25) is 0 Å². The topological polar surface area (TPSA) is 52.3 Å². The Hall–Kier alpha value is -1.03. The summed E-state index contributed by atoms with van der Waals surface area (Å²) in [5.41, 5.74) is 7.27. The van der Waals surface area contributed by atoms with E-state index in [-0.39, 0.29) is 11.9 Å². The second-order valence-electron chi connectivity index (χ2n) is 3.26. The number of anilines is 1.